The number of halogens is 1. The van der Waals surface area contributed by atoms with Crippen molar-refractivity contribution in [2.45, 2.75) is 32.2 Å². The van der Waals surface area contributed by atoms with Gasteiger partial charge in [0.2, 0.25) is 11.8 Å². The van der Waals surface area contributed by atoms with Crippen molar-refractivity contribution < 1.29 is 9.52 Å². The Morgan fingerprint density at radius 2 is 2.15 bits per heavy atom. The van der Waals surface area contributed by atoms with Gasteiger partial charge in [0, 0.05) is 12.6 Å². The summed E-state index contributed by atoms with van der Waals surface area (Å²) < 4.78 is 5.88. The zero-order valence-electron chi connectivity index (χ0n) is 14.4. The van der Waals surface area contributed by atoms with Gasteiger partial charge in [-0.15, -0.1) is 0 Å². The van der Waals surface area contributed by atoms with Gasteiger partial charge in [0.25, 0.3) is 0 Å². The van der Waals surface area contributed by atoms with Crippen LogP contribution in [0.15, 0.2) is 22.6 Å². The average Bonchev–Trinajstić information content (AvgIpc) is 3.20. The lowest BCUT2D eigenvalue weighted by molar-refractivity contribution is 0.229. The Hall–Kier alpha value is -2.38. The number of fused-ring (bicyclic) bond motifs is 1. The monoisotopic (exact) mass is 373 g/mol. The van der Waals surface area contributed by atoms with Gasteiger partial charge in [-0.3, -0.25) is 0 Å². The normalized spacial score (nSPS) is 20.0. The molecule has 4 N–H and O–H groups in total. The fraction of sp³-hybridized carbons (Fsp3) is 0.389. The molecule has 7 nitrogen and oxygen atoms in total. The van der Waals surface area contributed by atoms with Crippen LogP contribution in [-0.2, 0) is 0 Å². The summed E-state index contributed by atoms with van der Waals surface area (Å²) in [5, 5.41) is 12.9. The van der Waals surface area contributed by atoms with E-state index in [0.29, 0.717) is 28.8 Å². The van der Waals surface area contributed by atoms with Crippen LogP contribution in [0.25, 0.3) is 22.6 Å². The molecule has 0 unspecified atom stereocenters. The van der Waals surface area contributed by atoms with Gasteiger partial charge in [-0.25, -0.2) is 9.97 Å². The summed E-state index contributed by atoms with van der Waals surface area (Å²) in [5.74, 6) is 1.26. The summed E-state index contributed by atoms with van der Waals surface area (Å²) in [6, 6.07) is 5.97. The van der Waals surface area contributed by atoms with Gasteiger partial charge < -0.3 is 20.6 Å². The highest BCUT2D eigenvalue weighted by Crippen LogP contribution is 2.36. The summed E-state index contributed by atoms with van der Waals surface area (Å²) in [4.78, 5) is 12.9. The largest absolute Gasteiger partial charge is 0.436 e. The molecule has 0 bridgehead atoms. The van der Waals surface area contributed by atoms with Crippen LogP contribution in [0, 0.1) is 12.8 Å². The molecule has 1 aliphatic rings. The third kappa shape index (κ3) is 3.20. The Morgan fingerprint density at radius 1 is 1.31 bits per heavy atom. The lowest BCUT2D eigenvalue weighted by Gasteiger charge is -2.16. The van der Waals surface area contributed by atoms with Crippen LogP contribution in [0.1, 0.15) is 24.8 Å². The van der Waals surface area contributed by atoms with Gasteiger partial charge in [-0.1, -0.05) is 17.7 Å². The lowest BCUT2D eigenvalue weighted by atomic mass is 10.1. The van der Waals surface area contributed by atoms with Crippen LogP contribution in [-0.4, -0.2) is 32.7 Å². The molecule has 2 atom stereocenters. The molecule has 3 aromatic rings. The van der Waals surface area contributed by atoms with Gasteiger partial charge in [0.05, 0.1) is 0 Å². The van der Waals surface area contributed by atoms with E-state index < -0.39 is 0 Å². The number of hydrogen-bond donors (Lipinski definition) is 3. The first-order valence-corrected chi connectivity index (χ1v) is 8.99. The molecule has 2 aromatic heterocycles. The number of anilines is 2. The fourth-order valence-electron chi connectivity index (χ4n) is 3.45. The number of hydrogen-bond acceptors (Lipinski definition) is 7. The zero-order valence-corrected chi connectivity index (χ0v) is 15.1. The Balaban J connectivity index is 1.74. The number of nitrogen functional groups attached to an aromatic ring is 1. The van der Waals surface area contributed by atoms with Crippen molar-refractivity contribution in [2.24, 2.45) is 5.92 Å². The van der Waals surface area contributed by atoms with Crippen molar-refractivity contribution in [3.05, 3.63) is 28.9 Å². The van der Waals surface area contributed by atoms with E-state index in [4.69, 9.17) is 21.8 Å². The van der Waals surface area contributed by atoms with Crippen LogP contribution in [0.2, 0.25) is 5.15 Å². The Bertz CT molecular complexity index is 958. The summed E-state index contributed by atoms with van der Waals surface area (Å²) >= 11 is 6.36. The number of aliphatic hydroxyl groups excluding tert-OH is 1. The minimum atomic E-state index is 0.0879. The number of nitrogens with zero attached hydrogens (tertiary/aromatic N) is 3. The SMILES string of the molecule is Cc1ccc2oc(-c3c(Cl)nc(N)nc3N[C@H]3CC[C@@H](CO)C3)nc2c1. The van der Waals surface area contributed by atoms with Crippen LogP contribution in [0.3, 0.4) is 0 Å². The third-order valence-corrected chi connectivity index (χ3v) is 5.05. The van der Waals surface area contributed by atoms with E-state index >= 15 is 0 Å². The second kappa shape index (κ2) is 6.74. The maximum atomic E-state index is 9.35. The highest BCUT2D eigenvalue weighted by atomic mass is 35.5. The van der Waals surface area contributed by atoms with Gasteiger partial charge in [0.1, 0.15) is 22.1 Å². The molecule has 1 saturated carbocycles. The van der Waals surface area contributed by atoms with E-state index in [0.717, 1.165) is 30.3 Å². The molecule has 26 heavy (non-hydrogen) atoms. The molecular weight excluding hydrogens is 354 g/mol. The average molecular weight is 374 g/mol. The molecule has 0 saturated heterocycles. The minimum Gasteiger partial charge on any atom is -0.436 e. The number of nitrogens with one attached hydrogen (secondary N) is 1. The number of nitrogens with two attached hydrogens (primary N) is 1. The third-order valence-electron chi connectivity index (χ3n) is 4.78. The number of aromatic nitrogens is 3. The predicted octanol–water partition coefficient (Wildman–Crippen LogP) is 3.40. The van der Waals surface area contributed by atoms with Gasteiger partial charge >= 0.3 is 0 Å². The summed E-state index contributed by atoms with van der Waals surface area (Å²) in [7, 11) is 0. The maximum Gasteiger partial charge on any atom is 0.234 e. The first-order chi connectivity index (χ1) is 12.5. The second-order valence-electron chi connectivity index (χ2n) is 6.79. The quantitative estimate of drug-likeness (QED) is 0.601. The number of aliphatic hydroxyl groups is 1. The smallest absolute Gasteiger partial charge is 0.234 e. The van der Waals surface area contributed by atoms with Crippen LogP contribution in [0.5, 0.6) is 0 Å². The fourth-order valence-corrected chi connectivity index (χ4v) is 3.71. The molecule has 2 heterocycles. The van der Waals surface area contributed by atoms with E-state index in [1.807, 2.05) is 25.1 Å². The molecule has 1 aliphatic carbocycles. The van der Waals surface area contributed by atoms with Crippen molar-refractivity contribution in [3.8, 4) is 11.5 Å². The van der Waals surface area contributed by atoms with E-state index in [2.05, 4.69) is 20.3 Å². The summed E-state index contributed by atoms with van der Waals surface area (Å²) in [6.45, 7) is 2.19. The van der Waals surface area contributed by atoms with Crippen LogP contribution in [0.4, 0.5) is 11.8 Å². The number of oxazole rings is 1. The highest BCUT2D eigenvalue weighted by Gasteiger charge is 2.27. The number of rotatable bonds is 4. The lowest BCUT2D eigenvalue weighted by Crippen LogP contribution is -2.18. The molecule has 0 amide bonds. The molecule has 4 rings (SSSR count). The van der Waals surface area contributed by atoms with E-state index in [1.54, 1.807) is 0 Å². The molecule has 0 aliphatic heterocycles. The van der Waals surface area contributed by atoms with Crippen molar-refractivity contribution >= 4 is 34.5 Å². The molecule has 136 valence electrons. The Kier molecular flexibility index (Phi) is 4.42. The summed E-state index contributed by atoms with van der Waals surface area (Å²) in [5.41, 5.74) is 8.81. The van der Waals surface area contributed by atoms with Crippen molar-refractivity contribution in [1.29, 1.82) is 0 Å². The van der Waals surface area contributed by atoms with E-state index in [9.17, 15) is 5.11 Å². The molecular formula is C18H20ClN5O2. The standard InChI is InChI=1S/C18H20ClN5O2/c1-9-2-5-13-12(6-9)22-17(26-13)14-15(19)23-18(20)24-16(14)21-11-4-3-10(7-11)8-25/h2,5-6,10-11,25H,3-4,7-8H2,1H3,(H3,20,21,23,24)/t10-,11+/m1/s1. The van der Waals surface area contributed by atoms with Crippen LogP contribution < -0.4 is 11.1 Å². The Labute approximate surface area is 155 Å². The molecule has 0 radical (unpaired) electrons. The first kappa shape index (κ1) is 17.1. The van der Waals surface area contributed by atoms with Crippen molar-refractivity contribution in [1.82, 2.24) is 15.0 Å². The molecule has 1 aromatic carbocycles. The number of aryl methyl sites for hydroxylation is 1. The number of benzene rings is 1. The van der Waals surface area contributed by atoms with Gasteiger partial charge in [-0.05, 0) is 49.8 Å². The maximum absolute atomic E-state index is 9.35. The predicted molar refractivity (Wildman–Crippen MR) is 101 cm³/mol. The van der Waals surface area contributed by atoms with E-state index in [1.165, 1.54) is 0 Å². The van der Waals surface area contributed by atoms with E-state index in [-0.39, 0.29) is 23.8 Å². The summed E-state index contributed by atoms with van der Waals surface area (Å²) in [6.07, 6.45) is 2.78. The van der Waals surface area contributed by atoms with Crippen LogP contribution >= 0.6 is 11.6 Å². The molecule has 0 spiro atoms. The first-order valence-electron chi connectivity index (χ1n) is 8.61. The van der Waals surface area contributed by atoms with Gasteiger partial charge in [0.15, 0.2) is 5.58 Å². The van der Waals surface area contributed by atoms with Crippen molar-refractivity contribution in [3.63, 3.8) is 0 Å². The van der Waals surface area contributed by atoms with Crippen molar-refractivity contribution in [2.75, 3.05) is 17.7 Å². The second-order valence-corrected chi connectivity index (χ2v) is 7.15. The van der Waals surface area contributed by atoms with Gasteiger partial charge in [-0.2, -0.15) is 4.98 Å². The Morgan fingerprint density at radius 3 is 2.92 bits per heavy atom. The minimum absolute atomic E-state index is 0.0879. The topological polar surface area (TPSA) is 110 Å². The molecule has 8 heteroatoms. The molecule has 1 fully saturated rings. The zero-order chi connectivity index (χ0) is 18.3. The highest BCUT2D eigenvalue weighted by molar-refractivity contribution is 6.32.